The number of anilines is 2. The minimum atomic E-state index is -3.90. The molecule has 0 aromatic heterocycles. The Balaban J connectivity index is 2.16. The molecule has 0 fully saturated rings. The highest BCUT2D eigenvalue weighted by atomic mass is 32.2. The molecule has 0 aliphatic carbocycles. The summed E-state index contributed by atoms with van der Waals surface area (Å²) in [6, 6.07) is 11.0. The van der Waals surface area contributed by atoms with Gasteiger partial charge in [0, 0.05) is 11.8 Å². The van der Waals surface area contributed by atoms with E-state index in [0.717, 1.165) is 24.0 Å². The number of sulfonamides is 1. The van der Waals surface area contributed by atoms with Gasteiger partial charge in [-0.25, -0.2) is 17.2 Å². The van der Waals surface area contributed by atoms with Crippen LogP contribution in [-0.2, 0) is 21.2 Å². The summed E-state index contributed by atoms with van der Waals surface area (Å²) >= 11 is 0. The number of nitriles is 1. The van der Waals surface area contributed by atoms with Gasteiger partial charge in [0.25, 0.3) is 0 Å². The third kappa shape index (κ3) is 5.00. The van der Waals surface area contributed by atoms with Crippen molar-refractivity contribution >= 4 is 27.3 Å². The lowest BCUT2D eigenvalue weighted by Crippen LogP contribution is -2.37. The number of halogens is 2. The number of rotatable bonds is 6. The summed E-state index contributed by atoms with van der Waals surface area (Å²) in [5.74, 6) is -3.00. The maximum Gasteiger partial charge on any atom is 0.245 e. The molecule has 0 radical (unpaired) electrons. The van der Waals surface area contributed by atoms with E-state index in [1.807, 2.05) is 6.07 Å². The van der Waals surface area contributed by atoms with Crippen LogP contribution in [0.4, 0.5) is 20.2 Å². The molecule has 1 N–H and O–H groups in total. The molecule has 0 saturated heterocycles. The summed E-state index contributed by atoms with van der Waals surface area (Å²) in [4.78, 5) is 12.2. The van der Waals surface area contributed by atoms with E-state index >= 15 is 0 Å². The number of benzene rings is 2. The van der Waals surface area contributed by atoms with E-state index in [9.17, 15) is 22.0 Å². The normalized spacial score (nSPS) is 10.8. The van der Waals surface area contributed by atoms with Crippen LogP contribution in [0.25, 0.3) is 0 Å². The van der Waals surface area contributed by atoms with Crippen LogP contribution in [0.2, 0.25) is 0 Å². The third-order valence-electron chi connectivity index (χ3n) is 3.40. The summed E-state index contributed by atoms with van der Waals surface area (Å²) in [7, 11) is -3.90. The van der Waals surface area contributed by atoms with E-state index in [4.69, 9.17) is 5.26 Å². The first-order chi connectivity index (χ1) is 12.2. The van der Waals surface area contributed by atoms with Crippen LogP contribution in [0.1, 0.15) is 5.56 Å². The highest BCUT2D eigenvalue weighted by molar-refractivity contribution is 7.92. The second-order valence-electron chi connectivity index (χ2n) is 5.45. The van der Waals surface area contributed by atoms with Crippen LogP contribution in [0.5, 0.6) is 0 Å². The number of nitrogens with one attached hydrogen (secondary N) is 1. The minimum absolute atomic E-state index is 0.161. The first-order valence-electron chi connectivity index (χ1n) is 7.39. The molecule has 0 aliphatic rings. The Morgan fingerprint density at radius 1 is 1.15 bits per heavy atom. The van der Waals surface area contributed by atoms with Crippen molar-refractivity contribution in [1.82, 2.24) is 0 Å². The summed E-state index contributed by atoms with van der Waals surface area (Å²) in [6.45, 7) is -0.607. The highest BCUT2D eigenvalue weighted by Crippen LogP contribution is 2.20. The van der Waals surface area contributed by atoms with Crippen molar-refractivity contribution in [1.29, 1.82) is 5.26 Å². The molecule has 0 aliphatic heterocycles. The largest absolute Gasteiger partial charge is 0.325 e. The van der Waals surface area contributed by atoms with Gasteiger partial charge in [0.15, 0.2) is 11.6 Å². The lowest BCUT2D eigenvalue weighted by Gasteiger charge is -2.22. The highest BCUT2D eigenvalue weighted by Gasteiger charge is 2.22. The Hall–Kier alpha value is -2.99. The number of carbonyl (C=O) groups excluding carboxylic acids is 1. The lowest BCUT2D eigenvalue weighted by atomic mass is 10.1. The molecule has 2 aromatic rings. The summed E-state index contributed by atoms with van der Waals surface area (Å²) in [5, 5.41) is 11.1. The average molecular weight is 379 g/mol. The zero-order valence-corrected chi connectivity index (χ0v) is 14.6. The Kier molecular flexibility index (Phi) is 5.90. The van der Waals surface area contributed by atoms with Crippen LogP contribution >= 0.6 is 0 Å². The fourth-order valence-electron chi connectivity index (χ4n) is 2.17. The average Bonchev–Trinajstić information content (AvgIpc) is 2.56. The Bertz CT molecular complexity index is 954. The van der Waals surface area contributed by atoms with Crippen molar-refractivity contribution < 1.29 is 22.0 Å². The summed E-state index contributed by atoms with van der Waals surface area (Å²) < 4.78 is 51.0. The second-order valence-corrected chi connectivity index (χ2v) is 7.35. The number of hydrogen-bond acceptors (Lipinski definition) is 4. The van der Waals surface area contributed by atoms with Crippen molar-refractivity contribution in [3.8, 4) is 6.07 Å². The van der Waals surface area contributed by atoms with E-state index < -0.39 is 34.1 Å². The number of hydrogen-bond donors (Lipinski definition) is 1. The second kappa shape index (κ2) is 7.93. The molecule has 26 heavy (non-hydrogen) atoms. The number of nitrogens with zero attached hydrogens (tertiary/aromatic N) is 2. The molecule has 0 heterocycles. The predicted molar refractivity (Wildman–Crippen MR) is 92.9 cm³/mol. The Morgan fingerprint density at radius 2 is 1.81 bits per heavy atom. The van der Waals surface area contributed by atoms with Gasteiger partial charge in [-0.15, -0.1) is 0 Å². The molecule has 0 spiro atoms. The molecule has 1 amide bonds. The van der Waals surface area contributed by atoms with Crippen LogP contribution in [0.15, 0.2) is 42.5 Å². The topological polar surface area (TPSA) is 90.3 Å². The molecule has 6 nitrogen and oxygen atoms in total. The first kappa shape index (κ1) is 19.3. The standard InChI is InChI=1S/C17H15F2N3O3S/c1-26(24,25)22(14-6-7-15(18)16(19)10-14)11-17(23)21-13-4-2-12(3-5-13)8-9-20/h2-7,10H,8,11H2,1H3,(H,21,23). The van der Waals surface area contributed by atoms with Crippen molar-refractivity contribution in [2.45, 2.75) is 6.42 Å². The van der Waals surface area contributed by atoms with E-state index in [1.54, 1.807) is 24.3 Å². The maximum absolute atomic E-state index is 13.4. The van der Waals surface area contributed by atoms with Gasteiger partial charge < -0.3 is 5.32 Å². The van der Waals surface area contributed by atoms with E-state index in [2.05, 4.69) is 5.32 Å². The monoisotopic (exact) mass is 379 g/mol. The van der Waals surface area contributed by atoms with Gasteiger partial charge in [0.2, 0.25) is 15.9 Å². The van der Waals surface area contributed by atoms with E-state index in [1.165, 1.54) is 0 Å². The smallest absolute Gasteiger partial charge is 0.245 e. The molecule has 2 rings (SSSR count). The van der Waals surface area contributed by atoms with Gasteiger partial charge >= 0.3 is 0 Å². The van der Waals surface area contributed by atoms with Crippen LogP contribution in [-0.4, -0.2) is 27.1 Å². The molecular weight excluding hydrogens is 364 g/mol. The molecule has 0 bridgehead atoms. The first-order valence-corrected chi connectivity index (χ1v) is 9.24. The molecular formula is C17H15F2N3O3S. The Labute approximate surface area is 149 Å². The Morgan fingerprint density at radius 3 is 2.35 bits per heavy atom. The molecule has 2 aromatic carbocycles. The summed E-state index contributed by atoms with van der Waals surface area (Å²) in [6.07, 6.45) is 1.09. The fourth-order valence-corrected chi connectivity index (χ4v) is 3.02. The van der Waals surface area contributed by atoms with Gasteiger partial charge in [-0.2, -0.15) is 5.26 Å². The fraction of sp³-hybridized carbons (Fsp3) is 0.176. The SMILES string of the molecule is CS(=O)(=O)N(CC(=O)Nc1ccc(CC#N)cc1)c1ccc(F)c(F)c1. The molecule has 136 valence electrons. The molecule has 0 unspecified atom stereocenters. The summed E-state index contributed by atoms with van der Waals surface area (Å²) in [5.41, 5.74) is 1.02. The van der Waals surface area contributed by atoms with Gasteiger partial charge in [0.05, 0.1) is 24.4 Å². The van der Waals surface area contributed by atoms with Crippen molar-refractivity contribution in [3.63, 3.8) is 0 Å². The third-order valence-corrected chi connectivity index (χ3v) is 4.54. The van der Waals surface area contributed by atoms with Gasteiger partial charge in [-0.3, -0.25) is 9.10 Å². The van der Waals surface area contributed by atoms with Crippen molar-refractivity contribution in [2.75, 3.05) is 22.4 Å². The quantitative estimate of drug-likeness (QED) is 0.835. The predicted octanol–water partition coefficient (Wildman–Crippen LogP) is 2.44. The molecule has 0 atom stereocenters. The zero-order valence-electron chi connectivity index (χ0n) is 13.7. The number of carbonyl (C=O) groups is 1. The van der Waals surface area contributed by atoms with Gasteiger partial charge in [-0.1, -0.05) is 12.1 Å². The van der Waals surface area contributed by atoms with Gasteiger partial charge in [-0.05, 0) is 29.8 Å². The maximum atomic E-state index is 13.4. The lowest BCUT2D eigenvalue weighted by molar-refractivity contribution is -0.114. The van der Waals surface area contributed by atoms with Gasteiger partial charge in [0.1, 0.15) is 6.54 Å². The zero-order chi connectivity index (χ0) is 19.3. The van der Waals surface area contributed by atoms with E-state index in [-0.39, 0.29) is 12.1 Å². The van der Waals surface area contributed by atoms with E-state index in [0.29, 0.717) is 16.1 Å². The van der Waals surface area contributed by atoms with Crippen molar-refractivity contribution in [3.05, 3.63) is 59.7 Å². The minimum Gasteiger partial charge on any atom is -0.325 e. The molecule has 9 heteroatoms. The number of amides is 1. The van der Waals surface area contributed by atoms with Crippen LogP contribution in [0.3, 0.4) is 0 Å². The van der Waals surface area contributed by atoms with Crippen LogP contribution in [0, 0.1) is 23.0 Å². The molecule has 0 saturated carbocycles. The van der Waals surface area contributed by atoms with Crippen LogP contribution < -0.4 is 9.62 Å². The van der Waals surface area contributed by atoms with Crippen molar-refractivity contribution in [2.24, 2.45) is 0 Å².